The lowest BCUT2D eigenvalue weighted by Crippen LogP contribution is -2.42. The third kappa shape index (κ3) is 1.94. The molecule has 0 saturated heterocycles. The van der Waals surface area contributed by atoms with Crippen LogP contribution < -0.4 is 0 Å². The van der Waals surface area contributed by atoms with Crippen LogP contribution in [-0.4, -0.2) is 31.7 Å². The Morgan fingerprint density at radius 1 is 1.38 bits per heavy atom. The third-order valence-electron chi connectivity index (χ3n) is 1.35. The molecule has 0 aromatic rings. The number of hydrogen-bond acceptors (Lipinski definition) is 1. The summed E-state index contributed by atoms with van der Waals surface area (Å²) in [5, 5.41) is 8.40. The van der Waals surface area contributed by atoms with Crippen molar-refractivity contribution in [1.82, 2.24) is 0 Å². The van der Waals surface area contributed by atoms with Crippen molar-refractivity contribution in [1.29, 1.82) is 5.26 Å². The highest BCUT2D eigenvalue weighted by atomic mass is 15.3. The van der Waals surface area contributed by atoms with Crippen LogP contribution in [0.5, 0.6) is 0 Å². The number of hydrogen-bond donors (Lipinski definition) is 0. The van der Waals surface area contributed by atoms with Gasteiger partial charge in [-0.3, -0.25) is 0 Å². The lowest BCUT2D eigenvalue weighted by Gasteiger charge is -2.26. The first-order valence-corrected chi connectivity index (χ1v) is 2.69. The Bertz CT molecular complexity index is 105. The van der Waals surface area contributed by atoms with Crippen LogP contribution in [0.2, 0.25) is 0 Å². The van der Waals surface area contributed by atoms with Crippen LogP contribution in [0.1, 0.15) is 6.92 Å². The fourth-order valence-electron chi connectivity index (χ4n) is 0.173. The second-order valence-electron chi connectivity index (χ2n) is 2.92. The molecule has 0 spiro atoms. The van der Waals surface area contributed by atoms with Crippen molar-refractivity contribution in [3.05, 3.63) is 0 Å². The van der Waals surface area contributed by atoms with Gasteiger partial charge in [-0.05, 0) is 0 Å². The standard InChI is InChI=1S/C6H13N2/c1-6(5-7)8(2,3)4/h6H,1-4H3/q+1. The Morgan fingerprint density at radius 2 is 1.75 bits per heavy atom. The number of quaternary nitrogens is 1. The van der Waals surface area contributed by atoms with Crippen LogP contribution in [0.3, 0.4) is 0 Å². The summed E-state index contributed by atoms with van der Waals surface area (Å²) in [6.45, 7) is 1.92. The first-order chi connectivity index (χ1) is 3.48. The Balaban J connectivity index is 3.87. The molecule has 0 aromatic carbocycles. The van der Waals surface area contributed by atoms with Crippen molar-refractivity contribution in [3.63, 3.8) is 0 Å². The van der Waals surface area contributed by atoms with Gasteiger partial charge in [-0.2, -0.15) is 5.26 Å². The molecule has 0 radical (unpaired) electrons. The van der Waals surface area contributed by atoms with Gasteiger partial charge in [-0.1, -0.05) is 0 Å². The lowest BCUT2D eigenvalue weighted by molar-refractivity contribution is -0.885. The first-order valence-electron chi connectivity index (χ1n) is 2.69. The first kappa shape index (κ1) is 7.45. The zero-order valence-corrected chi connectivity index (χ0v) is 5.97. The molecule has 0 rings (SSSR count). The molecular weight excluding hydrogens is 100 g/mol. The number of rotatable bonds is 1. The molecule has 0 aliphatic carbocycles. The average molecular weight is 113 g/mol. The van der Waals surface area contributed by atoms with Crippen LogP contribution in [-0.2, 0) is 0 Å². The highest BCUT2D eigenvalue weighted by Crippen LogP contribution is 1.97. The Labute approximate surface area is 50.9 Å². The monoisotopic (exact) mass is 113 g/mol. The quantitative estimate of drug-likeness (QED) is 0.457. The Kier molecular flexibility index (Phi) is 2.00. The maximum atomic E-state index is 8.40. The summed E-state index contributed by atoms with van der Waals surface area (Å²) in [7, 11) is 6.02. The van der Waals surface area contributed by atoms with Crippen molar-refractivity contribution in [3.8, 4) is 6.07 Å². The van der Waals surface area contributed by atoms with Crippen LogP contribution in [0.25, 0.3) is 0 Å². The van der Waals surface area contributed by atoms with Crippen molar-refractivity contribution >= 4 is 0 Å². The van der Waals surface area contributed by atoms with Crippen molar-refractivity contribution < 1.29 is 4.48 Å². The Morgan fingerprint density at radius 3 is 1.75 bits per heavy atom. The molecule has 8 heavy (non-hydrogen) atoms. The van der Waals surface area contributed by atoms with Gasteiger partial charge < -0.3 is 4.48 Å². The molecule has 0 aromatic heterocycles. The molecule has 0 aliphatic rings. The van der Waals surface area contributed by atoms with E-state index in [-0.39, 0.29) is 6.04 Å². The fraction of sp³-hybridized carbons (Fsp3) is 0.833. The van der Waals surface area contributed by atoms with E-state index < -0.39 is 0 Å². The highest BCUT2D eigenvalue weighted by molar-refractivity contribution is 4.78. The molecule has 2 heteroatoms. The molecule has 46 valence electrons. The molecule has 0 heterocycles. The zero-order valence-electron chi connectivity index (χ0n) is 5.97. The van der Waals surface area contributed by atoms with Gasteiger partial charge in [0.2, 0.25) is 0 Å². The largest absolute Gasteiger partial charge is 0.317 e. The second-order valence-corrected chi connectivity index (χ2v) is 2.92. The summed E-state index contributed by atoms with van der Waals surface area (Å²) in [4.78, 5) is 0. The van der Waals surface area contributed by atoms with Gasteiger partial charge in [0.1, 0.15) is 6.07 Å². The van der Waals surface area contributed by atoms with Gasteiger partial charge >= 0.3 is 0 Å². The third-order valence-corrected chi connectivity index (χ3v) is 1.35. The van der Waals surface area contributed by atoms with Gasteiger partial charge in [0.05, 0.1) is 21.1 Å². The minimum absolute atomic E-state index is 0.0926. The molecule has 0 fully saturated rings. The van der Waals surface area contributed by atoms with E-state index >= 15 is 0 Å². The van der Waals surface area contributed by atoms with E-state index in [0.717, 1.165) is 4.48 Å². The smallest absolute Gasteiger partial charge is 0.173 e. The predicted molar refractivity (Wildman–Crippen MR) is 33.1 cm³/mol. The normalized spacial score (nSPS) is 14.9. The summed E-state index contributed by atoms with van der Waals surface area (Å²) < 4.78 is 0.719. The average Bonchev–Trinajstić information content (AvgIpc) is 1.62. The summed E-state index contributed by atoms with van der Waals surface area (Å²) in [5.74, 6) is 0. The van der Waals surface area contributed by atoms with Gasteiger partial charge in [0, 0.05) is 6.92 Å². The van der Waals surface area contributed by atoms with E-state index in [2.05, 4.69) is 6.07 Å². The van der Waals surface area contributed by atoms with Crippen LogP contribution >= 0.6 is 0 Å². The summed E-state index contributed by atoms with van der Waals surface area (Å²) in [5.41, 5.74) is 0. The molecule has 1 unspecified atom stereocenters. The second kappa shape index (κ2) is 2.15. The topological polar surface area (TPSA) is 23.8 Å². The van der Waals surface area contributed by atoms with E-state index in [0.29, 0.717) is 0 Å². The van der Waals surface area contributed by atoms with E-state index in [9.17, 15) is 0 Å². The van der Waals surface area contributed by atoms with E-state index in [1.165, 1.54) is 0 Å². The summed E-state index contributed by atoms with van der Waals surface area (Å²) >= 11 is 0. The van der Waals surface area contributed by atoms with E-state index in [1.54, 1.807) is 0 Å². The minimum Gasteiger partial charge on any atom is -0.317 e. The maximum Gasteiger partial charge on any atom is 0.173 e. The number of nitrogens with zero attached hydrogens (tertiary/aromatic N) is 2. The summed E-state index contributed by atoms with van der Waals surface area (Å²) in [6.07, 6.45) is 0. The van der Waals surface area contributed by atoms with E-state index in [4.69, 9.17) is 5.26 Å². The van der Waals surface area contributed by atoms with E-state index in [1.807, 2.05) is 28.1 Å². The van der Waals surface area contributed by atoms with Gasteiger partial charge in [-0.15, -0.1) is 0 Å². The molecule has 1 atom stereocenters. The van der Waals surface area contributed by atoms with Crippen LogP contribution in [0.15, 0.2) is 0 Å². The summed E-state index contributed by atoms with van der Waals surface area (Å²) in [6, 6.07) is 2.27. The van der Waals surface area contributed by atoms with Crippen molar-refractivity contribution in [2.24, 2.45) is 0 Å². The molecule has 0 saturated carbocycles. The van der Waals surface area contributed by atoms with Gasteiger partial charge in [-0.25, -0.2) is 0 Å². The van der Waals surface area contributed by atoms with Gasteiger partial charge in [0.25, 0.3) is 0 Å². The predicted octanol–water partition coefficient (Wildman–Crippen LogP) is 0.605. The molecule has 0 amide bonds. The maximum absolute atomic E-state index is 8.40. The van der Waals surface area contributed by atoms with Crippen molar-refractivity contribution in [2.45, 2.75) is 13.0 Å². The van der Waals surface area contributed by atoms with Crippen LogP contribution in [0.4, 0.5) is 0 Å². The molecular formula is C6H13N2+. The Hall–Kier alpha value is -0.550. The lowest BCUT2D eigenvalue weighted by atomic mass is 10.3. The SMILES string of the molecule is CC(C#N)[N+](C)(C)C. The zero-order chi connectivity index (χ0) is 6.78. The minimum atomic E-state index is 0.0926. The molecule has 0 N–H and O–H groups in total. The highest BCUT2D eigenvalue weighted by Gasteiger charge is 2.15. The van der Waals surface area contributed by atoms with Crippen molar-refractivity contribution in [2.75, 3.05) is 21.1 Å². The van der Waals surface area contributed by atoms with Crippen LogP contribution in [0, 0.1) is 11.3 Å². The molecule has 0 aliphatic heterocycles. The fourth-order valence-corrected chi connectivity index (χ4v) is 0.173. The molecule has 0 bridgehead atoms. The number of nitriles is 1. The molecule has 2 nitrogen and oxygen atoms in total. The van der Waals surface area contributed by atoms with Gasteiger partial charge in [0.15, 0.2) is 6.04 Å².